The summed E-state index contributed by atoms with van der Waals surface area (Å²) < 4.78 is 36.3. The second-order valence-electron chi connectivity index (χ2n) is 8.40. The number of pyridine rings is 1. The van der Waals surface area contributed by atoms with Crippen molar-refractivity contribution >= 4 is 29.1 Å². The zero-order valence-corrected chi connectivity index (χ0v) is 20.3. The molecule has 1 aromatic carbocycles. The number of benzene rings is 1. The smallest absolute Gasteiger partial charge is 0.339 e. The molecule has 4 aromatic rings. The molecule has 0 amide bonds. The van der Waals surface area contributed by atoms with Crippen LogP contribution in [0.3, 0.4) is 0 Å². The van der Waals surface area contributed by atoms with Gasteiger partial charge in [-0.25, -0.2) is 23.5 Å². The molecular weight excluding hydrogens is 506 g/mol. The highest BCUT2D eigenvalue weighted by molar-refractivity contribution is 6.33. The fourth-order valence-electron chi connectivity index (χ4n) is 3.95. The van der Waals surface area contributed by atoms with E-state index in [2.05, 4.69) is 25.4 Å². The lowest BCUT2D eigenvalue weighted by Gasteiger charge is -2.11. The molecule has 0 saturated heterocycles. The SMILES string of the molecule is CCOc1cc(F)c(Cn2nc(-c3nccc(Nc4ccncc4C(=O)O)n3)c(Cl)c2C2CC2)c(F)c1. The van der Waals surface area contributed by atoms with E-state index in [1.54, 1.807) is 13.0 Å². The zero-order chi connectivity index (χ0) is 26.1. The van der Waals surface area contributed by atoms with E-state index in [0.29, 0.717) is 22.2 Å². The number of nitrogens with one attached hydrogen (secondary N) is 1. The summed E-state index contributed by atoms with van der Waals surface area (Å²) in [6.45, 7) is 1.84. The lowest BCUT2D eigenvalue weighted by atomic mass is 10.1. The number of carboxylic acids is 1. The Bertz CT molecular complexity index is 1470. The van der Waals surface area contributed by atoms with Crippen LogP contribution >= 0.6 is 11.6 Å². The van der Waals surface area contributed by atoms with Crippen LogP contribution in [0.5, 0.6) is 5.75 Å². The maximum atomic E-state index is 14.8. The molecule has 9 nitrogen and oxygen atoms in total. The molecule has 1 fully saturated rings. The van der Waals surface area contributed by atoms with Crippen molar-refractivity contribution in [2.45, 2.75) is 32.2 Å². The first-order valence-electron chi connectivity index (χ1n) is 11.5. The summed E-state index contributed by atoms with van der Waals surface area (Å²) in [5, 5.41) is 17.2. The van der Waals surface area contributed by atoms with Crippen LogP contribution in [-0.2, 0) is 6.54 Å². The number of carbonyl (C=O) groups is 1. The lowest BCUT2D eigenvalue weighted by molar-refractivity contribution is 0.0697. The minimum atomic E-state index is -1.14. The van der Waals surface area contributed by atoms with Gasteiger partial charge in [-0.1, -0.05) is 11.6 Å². The molecule has 190 valence electrons. The third kappa shape index (κ3) is 5.08. The van der Waals surface area contributed by atoms with Crippen molar-refractivity contribution in [1.29, 1.82) is 0 Å². The summed E-state index contributed by atoms with van der Waals surface area (Å²) in [4.78, 5) is 24.1. The minimum Gasteiger partial charge on any atom is -0.494 e. The molecule has 0 atom stereocenters. The molecule has 5 rings (SSSR count). The van der Waals surface area contributed by atoms with Crippen LogP contribution in [0.2, 0.25) is 5.02 Å². The fourth-order valence-corrected chi connectivity index (χ4v) is 4.32. The van der Waals surface area contributed by atoms with E-state index >= 15 is 0 Å². The summed E-state index contributed by atoms with van der Waals surface area (Å²) >= 11 is 6.71. The average molecular weight is 527 g/mol. The largest absolute Gasteiger partial charge is 0.494 e. The predicted molar refractivity (Wildman–Crippen MR) is 131 cm³/mol. The van der Waals surface area contributed by atoms with Gasteiger partial charge in [0, 0.05) is 42.2 Å². The maximum absolute atomic E-state index is 14.8. The number of hydrogen-bond donors (Lipinski definition) is 2. The van der Waals surface area contributed by atoms with E-state index < -0.39 is 17.6 Å². The Balaban J connectivity index is 1.49. The number of nitrogens with zero attached hydrogens (tertiary/aromatic N) is 5. The van der Waals surface area contributed by atoms with Gasteiger partial charge in [0.25, 0.3) is 0 Å². The highest BCUT2D eigenvalue weighted by Gasteiger charge is 2.33. The summed E-state index contributed by atoms with van der Waals surface area (Å²) in [6.07, 6.45) is 5.91. The number of anilines is 2. The maximum Gasteiger partial charge on any atom is 0.339 e. The summed E-state index contributed by atoms with van der Waals surface area (Å²) in [7, 11) is 0. The van der Waals surface area contributed by atoms with E-state index in [-0.39, 0.29) is 47.5 Å². The summed E-state index contributed by atoms with van der Waals surface area (Å²) in [6, 6.07) is 5.37. The van der Waals surface area contributed by atoms with Gasteiger partial charge in [-0.15, -0.1) is 0 Å². The van der Waals surface area contributed by atoms with Gasteiger partial charge in [-0.3, -0.25) is 9.67 Å². The number of halogens is 3. The van der Waals surface area contributed by atoms with Crippen molar-refractivity contribution in [2.75, 3.05) is 11.9 Å². The molecule has 1 saturated carbocycles. The van der Waals surface area contributed by atoms with E-state index in [4.69, 9.17) is 16.3 Å². The van der Waals surface area contributed by atoms with Gasteiger partial charge in [0.05, 0.1) is 29.6 Å². The van der Waals surface area contributed by atoms with Crippen molar-refractivity contribution in [2.24, 2.45) is 0 Å². The van der Waals surface area contributed by atoms with Gasteiger partial charge in [-0.2, -0.15) is 5.10 Å². The highest BCUT2D eigenvalue weighted by Crippen LogP contribution is 2.46. The topological polar surface area (TPSA) is 115 Å². The van der Waals surface area contributed by atoms with Crippen LogP contribution in [0.25, 0.3) is 11.5 Å². The van der Waals surface area contributed by atoms with Gasteiger partial charge < -0.3 is 15.2 Å². The van der Waals surface area contributed by atoms with Crippen molar-refractivity contribution in [3.8, 4) is 17.3 Å². The monoisotopic (exact) mass is 526 g/mol. The average Bonchev–Trinajstić information content (AvgIpc) is 3.65. The molecule has 12 heteroatoms. The molecule has 3 heterocycles. The van der Waals surface area contributed by atoms with Crippen LogP contribution in [0.4, 0.5) is 20.3 Å². The molecule has 0 aliphatic heterocycles. The van der Waals surface area contributed by atoms with Gasteiger partial charge in [-0.05, 0) is 31.9 Å². The molecule has 2 N–H and O–H groups in total. The first kappa shape index (κ1) is 24.6. The molecule has 0 bridgehead atoms. The minimum absolute atomic E-state index is 0.0274. The van der Waals surface area contributed by atoms with E-state index in [0.717, 1.165) is 25.0 Å². The Morgan fingerprint density at radius 2 is 2.00 bits per heavy atom. The molecule has 37 heavy (non-hydrogen) atoms. The molecule has 1 aliphatic carbocycles. The standard InChI is InChI=1S/C25H21ClF2N6O3/c1-2-37-14-9-17(27)16(18(28)10-14)12-34-23(13-3-4-13)21(26)22(33-34)24-30-8-6-20(32-24)31-19-5-7-29-11-15(19)25(35)36/h5-11,13H,2-4,12H2,1H3,(H,35,36)(H,29,30,31,32). The molecular formula is C25H21ClF2N6O3. The second-order valence-corrected chi connectivity index (χ2v) is 8.77. The van der Waals surface area contributed by atoms with Crippen molar-refractivity contribution in [3.63, 3.8) is 0 Å². The number of hydrogen-bond acceptors (Lipinski definition) is 7. The van der Waals surface area contributed by atoms with E-state index in [1.165, 1.54) is 29.3 Å². The number of ether oxygens (including phenoxy) is 1. The van der Waals surface area contributed by atoms with Gasteiger partial charge in [0.1, 0.15) is 34.5 Å². The third-order valence-electron chi connectivity index (χ3n) is 5.81. The molecule has 3 aromatic heterocycles. The number of carboxylic acid groups (broad SMARTS) is 1. The Morgan fingerprint density at radius 3 is 2.68 bits per heavy atom. The molecule has 0 spiro atoms. The Labute approximate surface area is 215 Å². The van der Waals surface area contributed by atoms with Crippen LogP contribution in [0.15, 0.2) is 42.9 Å². The lowest BCUT2D eigenvalue weighted by Crippen LogP contribution is -2.10. The first-order chi connectivity index (χ1) is 17.9. The van der Waals surface area contributed by atoms with Crippen molar-refractivity contribution in [1.82, 2.24) is 24.7 Å². The van der Waals surface area contributed by atoms with Crippen LogP contribution < -0.4 is 10.1 Å². The molecule has 0 radical (unpaired) electrons. The number of aromatic carboxylic acids is 1. The Kier molecular flexibility index (Phi) is 6.70. The molecule has 0 unspecified atom stereocenters. The van der Waals surface area contributed by atoms with E-state index in [9.17, 15) is 18.7 Å². The van der Waals surface area contributed by atoms with Crippen LogP contribution in [-0.4, -0.2) is 42.4 Å². The van der Waals surface area contributed by atoms with Crippen LogP contribution in [0.1, 0.15) is 47.3 Å². The first-order valence-corrected chi connectivity index (χ1v) is 11.9. The summed E-state index contributed by atoms with van der Waals surface area (Å²) in [5.74, 6) is -1.93. The van der Waals surface area contributed by atoms with E-state index in [1.807, 2.05) is 0 Å². The van der Waals surface area contributed by atoms with Crippen LogP contribution in [0, 0.1) is 11.6 Å². The molecule has 1 aliphatic rings. The van der Waals surface area contributed by atoms with Gasteiger partial charge in [0.2, 0.25) is 0 Å². The Hall–Kier alpha value is -4.12. The number of rotatable bonds is 9. The predicted octanol–water partition coefficient (Wildman–Crippen LogP) is 5.43. The number of aromatic nitrogens is 5. The third-order valence-corrected chi connectivity index (χ3v) is 6.18. The highest BCUT2D eigenvalue weighted by atomic mass is 35.5. The fraction of sp³-hybridized carbons (Fsp3) is 0.240. The normalized spacial score (nSPS) is 13.0. The zero-order valence-electron chi connectivity index (χ0n) is 19.6. The quantitative estimate of drug-likeness (QED) is 0.296. The second kappa shape index (κ2) is 10.1. The van der Waals surface area contributed by atoms with Crippen molar-refractivity contribution < 1.29 is 23.4 Å². The van der Waals surface area contributed by atoms with Gasteiger partial charge in [0.15, 0.2) is 5.82 Å². The summed E-state index contributed by atoms with van der Waals surface area (Å²) in [5.41, 5.74) is 1.02. The Morgan fingerprint density at radius 1 is 1.24 bits per heavy atom. The van der Waals surface area contributed by atoms with Crippen molar-refractivity contribution in [3.05, 3.63) is 76.3 Å². The van der Waals surface area contributed by atoms with Gasteiger partial charge >= 0.3 is 5.97 Å².